The fourth-order valence-corrected chi connectivity index (χ4v) is 2.28. The van der Waals surface area contributed by atoms with Crippen LogP contribution in [0.3, 0.4) is 0 Å². The fourth-order valence-electron chi connectivity index (χ4n) is 2.10. The number of methoxy groups -OCH3 is 1. The zero-order valence-corrected chi connectivity index (χ0v) is 12.4. The van der Waals surface area contributed by atoms with Gasteiger partial charge in [0.05, 0.1) is 13.3 Å². The van der Waals surface area contributed by atoms with Crippen molar-refractivity contribution in [3.05, 3.63) is 47.6 Å². The Morgan fingerprint density at radius 2 is 2.05 bits per heavy atom. The molecular weight excluding hydrogens is 304 g/mol. The molecule has 3 N–H and O–H groups in total. The van der Waals surface area contributed by atoms with Crippen LogP contribution >= 0.6 is 11.6 Å². The van der Waals surface area contributed by atoms with E-state index in [1.165, 1.54) is 10.7 Å². The van der Waals surface area contributed by atoms with Gasteiger partial charge in [-0.1, -0.05) is 16.8 Å². The minimum atomic E-state index is 0.0796. The summed E-state index contributed by atoms with van der Waals surface area (Å²) in [5, 5.41) is 18.6. The van der Waals surface area contributed by atoms with Crippen LogP contribution in [0.4, 0.5) is 5.69 Å². The lowest BCUT2D eigenvalue weighted by atomic mass is 10.1. The first-order valence-corrected chi connectivity index (χ1v) is 6.81. The summed E-state index contributed by atoms with van der Waals surface area (Å²) in [5.74, 6) is 0.692. The second kappa shape index (κ2) is 5.57. The summed E-state index contributed by atoms with van der Waals surface area (Å²) in [7, 11) is 1.57. The average molecular weight is 317 g/mol. The van der Waals surface area contributed by atoms with E-state index in [0.717, 1.165) is 0 Å². The van der Waals surface area contributed by atoms with E-state index < -0.39 is 0 Å². The maximum Gasteiger partial charge on any atom is 0.144 e. The van der Waals surface area contributed by atoms with E-state index in [4.69, 9.17) is 22.1 Å². The number of phenols is 1. The fraction of sp³-hybridized carbons (Fsp3) is 0.0667. The van der Waals surface area contributed by atoms with Crippen LogP contribution in [0, 0.1) is 0 Å². The van der Waals surface area contributed by atoms with Crippen LogP contribution < -0.4 is 10.5 Å². The molecule has 22 heavy (non-hydrogen) atoms. The molecule has 0 unspecified atom stereocenters. The molecule has 0 fully saturated rings. The number of halogens is 1. The van der Waals surface area contributed by atoms with Gasteiger partial charge in [-0.15, -0.1) is 5.10 Å². The van der Waals surface area contributed by atoms with Crippen molar-refractivity contribution in [2.75, 3.05) is 12.8 Å². The monoisotopic (exact) mass is 316 g/mol. The standard InChI is InChI=1S/C15H13ClN4O2/c1-22-15-5-3-10(17)7-13(15)20-8-12(18-19-20)11-6-9(16)2-4-14(11)21/h2-8,21H,17H2,1H3. The molecule has 2 aromatic carbocycles. The SMILES string of the molecule is COc1ccc(N)cc1-n1cc(-c2cc(Cl)ccc2O)nn1. The van der Waals surface area contributed by atoms with E-state index in [1.54, 1.807) is 43.6 Å². The predicted molar refractivity (Wildman–Crippen MR) is 84.4 cm³/mol. The van der Waals surface area contributed by atoms with Gasteiger partial charge >= 0.3 is 0 Å². The summed E-state index contributed by atoms with van der Waals surface area (Å²) in [4.78, 5) is 0. The lowest BCUT2D eigenvalue weighted by Crippen LogP contribution is -2.00. The molecule has 3 rings (SSSR count). The van der Waals surface area contributed by atoms with E-state index in [2.05, 4.69) is 10.3 Å². The van der Waals surface area contributed by atoms with Gasteiger partial charge in [0.2, 0.25) is 0 Å². The van der Waals surface area contributed by atoms with Gasteiger partial charge in [-0.25, -0.2) is 4.68 Å². The Balaban J connectivity index is 2.08. The number of nitrogens with zero attached hydrogens (tertiary/aromatic N) is 3. The smallest absolute Gasteiger partial charge is 0.144 e. The quantitative estimate of drug-likeness (QED) is 0.726. The Morgan fingerprint density at radius 1 is 1.23 bits per heavy atom. The van der Waals surface area contributed by atoms with Crippen LogP contribution in [-0.2, 0) is 0 Å². The molecule has 0 radical (unpaired) electrons. The van der Waals surface area contributed by atoms with Crippen LogP contribution in [-0.4, -0.2) is 27.2 Å². The maximum atomic E-state index is 9.93. The van der Waals surface area contributed by atoms with Crippen LogP contribution in [0.1, 0.15) is 0 Å². The molecule has 0 atom stereocenters. The molecule has 6 nitrogen and oxygen atoms in total. The molecule has 0 aliphatic carbocycles. The van der Waals surface area contributed by atoms with Crippen LogP contribution in [0.2, 0.25) is 5.02 Å². The first-order chi connectivity index (χ1) is 10.6. The van der Waals surface area contributed by atoms with E-state index >= 15 is 0 Å². The summed E-state index contributed by atoms with van der Waals surface area (Å²) in [6, 6.07) is 9.96. The number of hydrogen-bond donors (Lipinski definition) is 2. The number of aromatic nitrogens is 3. The summed E-state index contributed by atoms with van der Waals surface area (Å²) in [6.07, 6.45) is 1.67. The van der Waals surface area contributed by atoms with E-state index in [0.29, 0.717) is 33.4 Å². The number of rotatable bonds is 3. The van der Waals surface area contributed by atoms with Gasteiger partial charge in [-0.2, -0.15) is 0 Å². The van der Waals surface area contributed by atoms with Gasteiger partial charge < -0.3 is 15.6 Å². The molecule has 0 aliphatic rings. The highest BCUT2D eigenvalue weighted by atomic mass is 35.5. The van der Waals surface area contributed by atoms with Gasteiger partial charge in [-0.3, -0.25) is 0 Å². The largest absolute Gasteiger partial charge is 0.507 e. The number of anilines is 1. The summed E-state index contributed by atoms with van der Waals surface area (Å²) >= 11 is 5.96. The van der Waals surface area contributed by atoms with Gasteiger partial charge in [0, 0.05) is 16.3 Å². The van der Waals surface area contributed by atoms with Crippen LogP contribution in [0.25, 0.3) is 16.9 Å². The van der Waals surface area contributed by atoms with E-state index in [9.17, 15) is 5.11 Å². The van der Waals surface area contributed by atoms with Crippen molar-refractivity contribution < 1.29 is 9.84 Å². The molecule has 1 aromatic heterocycles. The zero-order valence-electron chi connectivity index (χ0n) is 11.7. The zero-order chi connectivity index (χ0) is 15.7. The molecule has 0 aliphatic heterocycles. The third kappa shape index (κ3) is 2.56. The highest BCUT2D eigenvalue weighted by Crippen LogP contribution is 2.31. The van der Waals surface area contributed by atoms with Crippen LogP contribution in [0.15, 0.2) is 42.6 Å². The predicted octanol–water partition coefficient (Wildman–Crippen LogP) is 2.88. The Labute approximate surface area is 131 Å². The molecule has 0 saturated carbocycles. The Hall–Kier alpha value is -2.73. The Kier molecular flexibility index (Phi) is 3.60. The first-order valence-electron chi connectivity index (χ1n) is 6.43. The topological polar surface area (TPSA) is 86.2 Å². The Morgan fingerprint density at radius 3 is 2.82 bits per heavy atom. The highest BCUT2D eigenvalue weighted by Gasteiger charge is 2.13. The van der Waals surface area contributed by atoms with Crippen molar-refractivity contribution in [2.45, 2.75) is 0 Å². The molecule has 0 saturated heterocycles. The minimum Gasteiger partial charge on any atom is -0.507 e. The third-order valence-electron chi connectivity index (χ3n) is 3.18. The molecule has 1 heterocycles. The maximum absolute atomic E-state index is 9.93. The number of benzene rings is 2. The van der Waals surface area contributed by atoms with Gasteiger partial charge in [0.15, 0.2) is 0 Å². The lowest BCUT2D eigenvalue weighted by molar-refractivity contribution is 0.411. The van der Waals surface area contributed by atoms with Crippen molar-refractivity contribution in [3.8, 4) is 28.4 Å². The van der Waals surface area contributed by atoms with Gasteiger partial charge in [0.1, 0.15) is 22.9 Å². The molecular formula is C15H13ClN4O2. The molecule has 0 spiro atoms. The number of nitrogen functional groups attached to an aromatic ring is 1. The third-order valence-corrected chi connectivity index (χ3v) is 3.41. The number of ether oxygens (including phenoxy) is 1. The number of aromatic hydroxyl groups is 1. The second-order valence-corrected chi connectivity index (χ2v) is 5.08. The molecule has 3 aromatic rings. The number of hydrogen-bond acceptors (Lipinski definition) is 5. The number of phenolic OH excluding ortho intramolecular Hbond substituents is 1. The summed E-state index contributed by atoms with van der Waals surface area (Å²) < 4.78 is 6.83. The molecule has 0 amide bonds. The van der Waals surface area contributed by atoms with Crippen molar-refractivity contribution >= 4 is 17.3 Å². The van der Waals surface area contributed by atoms with Crippen molar-refractivity contribution in [1.29, 1.82) is 0 Å². The van der Waals surface area contributed by atoms with Crippen molar-refractivity contribution in [1.82, 2.24) is 15.0 Å². The molecule has 112 valence electrons. The lowest BCUT2D eigenvalue weighted by Gasteiger charge is -2.08. The summed E-state index contributed by atoms with van der Waals surface area (Å²) in [6.45, 7) is 0. The first kappa shape index (κ1) is 14.2. The van der Waals surface area contributed by atoms with Gasteiger partial charge in [-0.05, 0) is 36.4 Å². The van der Waals surface area contributed by atoms with Crippen molar-refractivity contribution in [3.63, 3.8) is 0 Å². The van der Waals surface area contributed by atoms with E-state index in [-0.39, 0.29) is 5.75 Å². The van der Waals surface area contributed by atoms with Crippen LogP contribution in [0.5, 0.6) is 11.5 Å². The second-order valence-electron chi connectivity index (χ2n) is 4.64. The van der Waals surface area contributed by atoms with Gasteiger partial charge in [0.25, 0.3) is 0 Å². The molecule has 7 heteroatoms. The number of nitrogens with two attached hydrogens (primary N) is 1. The van der Waals surface area contributed by atoms with E-state index in [1.807, 2.05) is 0 Å². The highest BCUT2D eigenvalue weighted by molar-refractivity contribution is 6.30. The summed E-state index contributed by atoms with van der Waals surface area (Å²) in [5.41, 5.74) is 8.04. The Bertz CT molecular complexity index is 832. The normalized spacial score (nSPS) is 10.6. The molecule has 0 bridgehead atoms. The van der Waals surface area contributed by atoms with Crippen molar-refractivity contribution in [2.24, 2.45) is 0 Å². The minimum absolute atomic E-state index is 0.0796. The average Bonchev–Trinajstić information content (AvgIpc) is 2.99.